The second kappa shape index (κ2) is 10.5. The second-order valence-electron chi connectivity index (χ2n) is 7.16. The van der Waals surface area contributed by atoms with Crippen molar-refractivity contribution in [2.24, 2.45) is 5.92 Å². The van der Waals surface area contributed by atoms with Gasteiger partial charge in [-0.15, -0.1) is 12.4 Å². The van der Waals surface area contributed by atoms with Gasteiger partial charge in [-0.1, -0.05) is 19.9 Å². The minimum atomic E-state index is 0. The van der Waals surface area contributed by atoms with Gasteiger partial charge in [-0.3, -0.25) is 9.88 Å². The van der Waals surface area contributed by atoms with E-state index in [4.69, 9.17) is 9.47 Å². The number of methoxy groups -OCH3 is 1. The molecule has 0 radical (unpaired) electrons. The minimum Gasteiger partial charge on any atom is -0.493 e. The van der Waals surface area contributed by atoms with Crippen LogP contribution in [-0.2, 0) is 6.54 Å². The van der Waals surface area contributed by atoms with Crippen LogP contribution in [0.5, 0.6) is 11.5 Å². The largest absolute Gasteiger partial charge is 0.493 e. The van der Waals surface area contributed by atoms with Gasteiger partial charge >= 0.3 is 0 Å². The number of nitrogens with one attached hydrogen (secondary N) is 1. The molecule has 0 spiro atoms. The predicted octanol–water partition coefficient (Wildman–Crippen LogP) is 3.69. The average Bonchev–Trinajstić information content (AvgIpc) is 2.67. The van der Waals surface area contributed by atoms with Gasteiger partial charge in [-0.05, 0) is 41.3 Å². The molecule has 0 aliphatic carbocycles. The maximum absolute atomic E-state index is 5.97. The van der Waals surface area contributed by atoms with E-state index >= 15 is 0 Å². The van der Waals surface area contributed by atoms with Crippen LogP contribution in [0.4, 0.5) is 0 Å². The highest BCUT2D eigenvalue weighted by Crippen LogP contribution is 2.30. The van der Waals surface area contributed by atoms with Crippen LogP contribution in [0.1, 0.15) is 31.0 Å². The highest BCUT2D eigenvalue weighted by molar-refractivity contribution is 5.85. The monoisotopic (exact) mass is 391 g/mol. The summed E-state index contributed by atoms with van der Waals surface area (Å²) in [5.74, 6) is 2.10. The summed E-state index contributed by atoms with van der Waals surface area (Å²) in [5.41, 5.74) is 2.54. The fourth-order valence-electron chi connectivity index (χ4n) is 3.27. The SMILES string of the molecule is COc1ccc(CN2CCNCC2c2ccncc2)cc1OCC(C)C.Cl. The van der Waals surface area contributed by atoms with Gasteiger partial charge in [-0.25, -0.2) is 0 Å². The lowest BCUT2D eigenvalue weighted by Crippen LogP contribution is -2.45. The molecule has 1 atom stereocenters. The van der Waals surface area contributed by atoms with Crippen molar-refractivity contribution in [2.45, 2.75) is 26.4 Å². The first-order valence-corrected chi connectivity index (χ1v) is 9.31. The zero-order chi connectivity index (χ0) is 18.4. The van der Waals surface area contributed by atoms with E-state index in [1.807, 2.05) is 18.5 Å². The Hall–Kier alpha value is -1.82. The van der Waals surface area contributed by atoms with Crippen LogP contribution in [0.25, 0.3) is 0 Å². The molecule has 0 bridgehead atoms. The molecule has 1 aliphatic rings. The van der Waals surface area contributed by atoms with Crippen molar-refractivity contribution in [3.05, 3.63) is 53.9 Å². The van der Waals surface area contributed by atoms with Crippen LogP contribution in [0.3, 0.4) is 0 Å². The Kier molecular flexibility index (Phi) is 8.35. The molecule has 1 unspecified atom stereocenters. The van der Waals surface area contributed by atoms with Crippen LogP contribution >= 0.6 is 12.4 Å². The quantitative estimate of drug-likeness (QED) is 0.779. The zero-order valence-electron chi connectivity index (χ0n) is 16.4. The van der Waals surface area contributed by atoms with E-state index in [9.17, 15) is 0 Å². The molecule has 27 heavy (non-hydrogen) atoms. The van der Waals surface area contributed by atoms with Gasteiger partial charge < -0.3 is 14.8 Å². The minimum absolute atomic E-state index is 0. The molecular weight excluding hydrogens is 362 g/mol. The van der Waals surface area contributed by atoms with E-state index in [-0.39, 0.29) is 12.4 Å². The van der Waals surface area contributed by atoms with Crippen molar-refractivity contribution in [2.75, 3.05) is 33.4 Å². The van der Waals surface area contributed by atoms with Gasteiger partial charge in [0.25, 0.3) is 0 Å². The Morgan fingerprint density at radius 2 is 1.96 bits per heavy atom. The lowest BCUT2D eigenvalue weighted by atomic mass is 10.0. The molecule has 2 heterocycles. The molecule has 0 saturated carbocycles. The number of benzene rings is 1. The van der Waals surface area contributed by atoms with Crippen LogP contribution in [0.15, 0.2) is 42.7 Å². The summed E-state index contributed by atoms with van der Waals surface area (Å²) in [5, 5.41) is 3.50. The third-order valence-corrected chi connectivity index (χ3v) is 4.63. The second-order valence-corrected chi connectivity index (χ2v) is 7.16. The topological polar surface area (TPSA) is 46.6 Å². The molecule has 5 nitrogen and oxygen atoms in total. The standard InChI is InChI=1S/C21H29N3O2.ClH/c1-16(2)15-26-21-12-17(4-5-20(21)25-3)14-24-11-10-23-13-19(24)18-6-8-22-9-7-18;/h4-9,12,16,19,23H,10-11,13-15H2,1-3H3;1H. The molecular formula is C21H30ClN3O2. The highest BCUT2D eigenvalue weighted by Gasteiger charge is 2.24. The van der Waals surface area contributed by atoms with Crippen LogP contribution in [0.2, 0.25) is 0 Å². The third kappa shape index (κ3) is 5.83. The van der Waals surface area contributed by atoms with E-state index in [0.29, 0.717) is 18.6 Å². The number of ether oxygens (including phenoxy) is 2. The summed E-state index contributed by atoms with van der Waals surface area (Å²) in [6.45, 7) is 8.85. The van der Waals surface area contributed by atoms with Gasteiger partial charge in [0.05, 0.1) is 13.7 Å². The fourth-order valence-corrected chi connectivity index (χ4v) is 3.27. The first-order valence-electron chi connectivity index (χ1n) is 9.31. The summed E-state index contributed by atoms with van der Waals surface area (Å²) >= 11 is 0. The van der Waals surface area contributed by atoms with Crippen LogP contribution in [0, 0.1) is 5.92 Å². The highest BCUT2D eigenvalue weighted by atomic mass is 35.5. The summed E-state index contributed by atoms with van der Waals surface area (Å²) in [4.78, 5) is 6.66. The van der Waals surface area contributed by atoms with Crippen molar-refractivity contribution in [1.29, 1.82) is 0 Å². The molecule has 1 fully saturated rings. The Morgan fingerprint density at radius 1 is 1.19 bits per heavy atom. The number of piperazine rings is 1. The Labute approximate surface area is 168 Å². The predicted molar refractivity (Wildman–Crippen MR) is 111 cm³/mol. The lowest BCUT2D eigenvalue weighted by molar-refractivity contribution is 0.153. The average molecular weight is 392 g/mol. The molecule has 1 N–H and O–H groups in total. The number of halogens is 1. The fraction of sp³-hybridized carbons (Fsp3) is 0.476. The van der Waals surface area contributed by atoms with E-state index in [2.05, 4.69) is 53.3 Å². The smallest absolute Gasteiger partial charge is 0.161 e. The number of pyridine rings is 1. The summed E-state index contributed by atoms with van der Waals surface area (Å²) in [6, 6.07) is 10.8. The third-order valence-electron chi connectivity index (χ3n) is 4.63. The van der Waals surface area contributed by atoms with Crippen molar-refractivity contribution in [1.82, 2.24) is 15.2 Å². The number of hydrogen-bond donors (Lipinski definition) is 1. The summed E-state index contributed by atoms with van der Waals surface area (Å²) < 4.78 is 11.4. The number of aromatic nitrogens is 1. The lowest BCUT2D eigenvalue weighted by Gasteiger charge is -2.36. The van der Waals surface area contributed by atoms with Crippen molar-refractivity contribution >= 4 is 12.4 Å². The van der Waals surface area contributed by atoms with E-state index in [0.717, 1.165) is 37.7 Å². The number of hydrogen-bond acceptors (Lipinski definition) is 5. The van der Waals surface area contributed by atoms with Gasteiger partial charge in [0, 0.05) is 44.6 Å². The van der Waals surface area contributed by atoms with E-state index < -0.39 is 0 Å². The summed E-state index contributed by atoms with van der Waals surface area (Å²) in [7, 11) is 1.69. The van der Waals surface area contributed by atoms with E-state index in [1.165, 1.54) is 11.1 Å². The normalized spacial score (nSPS) is 17.4. The van der Waals surface area contributed by atoms with Crippen molar-refractivity contribution in [3.63, 3.8) is 0 Å². The van der Waals surface area contributed by atoms with Gasteiger partial charge in [0.15, 0.2) is 11.5 Å². The molecule has 3 rings (SSSR count). The molecule has 1 saturated heterocycles. The Balaban J connectivity index is 0.00000261. The van der Waals surface area contributed by atoms with E-state index in [1.54, 1.807) is 7.11 Å². The number of rotatable bonds is 7. The maximum Gasteiger partial charge on any atom is 0.161 e. The van der Waals surface area contributed by atoms with Crippen molar-refractivity contribution < 1.29 is 9.47 Å². The van der Waals surface area contributed by atoms with Gasteiger partial charge in [0.2, 0.25) is 0 Å². The molecule has 148 valence electrons. The summed E-state index contributed by atoms with van der Waals surface area (Å²) in [6.07, 6.45) is 3.74. The Morgan fingerprint density at radius 3 is 2.67 bits per heavy atom. The van der Waals surface area contributed by atoms with Gasteiger partial charge in [-0.2, -0.15) is 0 Å². The molecule has 2 aromatic rings. The Bertz CT molecular complexity index is 697. The van der Waals surface area contributed by atoms with Crippen LogP contribution < -0.4 is 14.8 Å². The molecule has 6 heteroatoms. The molecule has 1 aromatic heterocycles. The van der Waals surface area contributed by atoms with Gasteiger partial charge in [0.1, 0.15) is 0 Å². The molecule has 1 aliphatic heterocycles. The molecule has 1 aromatic carbocycles. The van der Waals surface area contributed by atoms with Crippen LogP contribution in [-0.4, -0.2) is 43.2 Å². The maximum atomic E-state index is 5.97. The number of nitrogens with zero attached hydrogens (tertiary/aromatic N) is 2. The van der Waals surface area contributed by atoms with Crippen molar-refractivity contribution in [3.8, 4) is 11.5 Å². The zero-order valence-corrected chi connectivity index (χ0v) is 17.2. The first-order chi connectivity index (χ1) is 12.7. The first kappa shape index (κ1) is 21.5. The molecule has 0 amide bonds.